The molecule has 256 valence electrons. The first kappa shape index (κ1) is 34.1. The van der Waals surface area contributed by atoms with Gasteiger partial charge in [0.2, 0.25) is 6.19 Å². The molecule has 0 saturated heterocycles. The number of nitrogens with zero attached hydrogens (tertiary/aromatic N) is 5. The minimum Gasteiger partial charge on any atom is -0.243 e. The second-order valence-corrected chi connectivity index (χ2v) is 12.3. The van der Waals surface area contributed by atoms with E-state index in [1.807, 2.05) is 0 Å². The van der Waals surface area contributed by atoms with Crippen LogP contribution in [0.1, 0.15) is 59.5 Å². The molecule has 0 fully saturated rings. The lowest BCUT2D eigenvalue weighted by atomic mass is 9.93. The summed E-state index contributed by atoms with van der Waals surface area (Å²) in [5.41, 5.74) is 3.66. The molecule has 5 aromatic rings. The van der Waals surface area contributed by atoms with Crippen LogP contribution >= 0.6 is 0 Å². The maximum atomic E-state index is 14.3. The third kappa shape index (κ3) is 5.63. The molecule has 7 rings (SSSR count). The van der Waals surface area contributed by atoms with Gasteiger partial charge in [-0.1, -0.05) is 43.3 Å². The van der Waals surface area contributed by atoms with E-state index in [0.29, 0.717) is 79.7 Å². The van der Waals surface area contributed by atoms with E-state index in [1.54, 1.807) is 50.4 Å². The molecule has 0 aliphatic heterocycles. The molecule has 5 nitrogen and oxygen atoms in total. The van der Waals surface area contributed by atoms with E-state index in [0.717, 1.165) is 24.3 Å². The molecule has 1 heterocycles. The Morgan fingerprint density at radius 2 is 1.25 bits per heavy atom. The predicted octanol–water partition coefficient (Wildman–Crippen LogP) is 11.0. The van der Waals surface area contributed by atoms with Gasteiger partial charge in [0.05, 0.1) is 34.3 Å². The summed E-state index contributed by atoms with van der Waals surface area (Å²) in [5, 5.41) is 19.8. The Labute approximate surface area is 292 Å². The first-order valence-corrected chi connectivity index (χ1v) is 15.7. The Hall–Kier alpha value is -6.40. The molecule has 0 radical (unpaired) electrons. The zero-order valence-electron chi connectivity index (χ0n) is 27.2. The summed E-state index contributed by atoms with van der Waals surface area (Å²) in [6.45, 7) is 7.21. The van der Waals surface area contributed by atoms with Crippen molar-refractivity contribution in [1.82, 2.24) is 9.97 Å². The Kier molecular flexibility index (Phi) is 7.95. The van der Waals surface area contributed by atoms with Gasteiger partial charge in [0, 0.05) is 27.8 Å². The van der Waals surface area contributed by atoms with Gasteiger partial charge >= 0.3 is 12.4 Å². The molecule has 0 spiro atoms. The molecular weight excluding hydrogens is 683 g/mol. The summed E-state index contributed by atoms with van der Waals surface area (Å²) in [4.78, 5) is 13.8. The smallest absolute Gasteiger partial charge is 0.243 e. The van der Waals surface area contributed by atoms with Crippen LogP contribution in [0.15, 0.2) is 89.9 Å². The highest BCUT2D eigenvalue weighted by Crippen LogP contribution is 2.49. The summed E-state index contributed by atoms with van der Waals surface area (Å²) >= 11 is 0. The summed E-state index contributed by atoms with van der Waals surface area (Å²) < 4.78 is 96.5. The summed E-state index contributed by atoms with van der Waals surface area (Å²) in [6.07, 6.45) is -7.34. The second-order valence-electron chi connectivity index (χ2n) is 12.3. The third-order valence-electron chi connectivity index (χ3n) is 9.03. The number of benzene rings is 4. The number of fused-ring (bicyclic) bond motifs is 6. The minimum atomic E-state index is -4.78. The summed E-state index contributed by atoms with van der Waals surface area (Å²) in [5.74, 6) is -1.08. The average molecular weight is 706 g/mol. The van der Waals surface area contributed by atoms with Crippen molar-refractivity contribution in [2.45, 2.75) is 32.6 Å². The van der Waals surface area contributed by atoms with Gasteiger partial charge in [0.25, 0.3) is 0 Å². The molecule has 0 atom stereocenters. The molecule has 12 heteroatoms. The average Bonchev–Trinajstić information content (AvgIpc) is 3.57. The Bertz CT molecular complexity index is 2540. The van der Waals surface area contributed by atoms with Crippen LogP contribution in [0.3, 0.4) is 0 Å². The summed E-state index contributed by atoms with van der Waals surface area (Å²) in [6, 6.07) is 17.7. The van der Waals surface area contributed by atoms with Crippen molar-refractivity contribution in [3.8, 4) is 57.0 Å². The fourth-order valence-electron chi connectivity index (χ4n) is 6.57. The molecular formula is C40H22F7N5. The zero-order chi connectivity index (χ0) is 37.3. The normalized spacial score (nSPS) is 14.6. The van der Waals surface area contributed by atoms with Crippen LogP contribution in [0.25, 0.3) is 55.9 Å². The van der Waals surface area contributed by atoms with Gasteiger partial charge in [0.15, 0.2) is 0 Å². The van der Waals surface area contributed by atoms with Gasteiger partial charge in [0.1, 0.15) is 17.2 Å². The molecule has 1 aromatic heterocycles. The Balaban J connectivity index is 1.40. The van der Waals surface area contributed by atoms with Gasteiger partial charge < -0.3 is 0 Å². The predicted molar refractivity (Wildman–Crippen MR) is 182 cm³/mol. The molecule has 2 aliphatic rings. The van der Waals surface area contributed by atoms with E-state index < -0.39 is 29.3 Å². The highest BCUT2D eigenvalue weighted by Gasteiger charge is 2.37. The monoisotopic (exact) mass is 705 g/mol. The van der Waals surface area contributed by atoms with E-state index in [4.69, 9.17) is 9.97 Å². The van der Waals surface area contributed by atoms with Crippen molar-refractivity contribution < 1.29 is 30.7 Å². The highest BCUT2D eigenvalue weighted by atomic mass is 19.4. The van der Waals surface area contributed by atoms with Crippen molar-refractivity contribution in [1.29, 1.82) is 10.5 Å². The van der Waals surface area contributed by atoms with Crippen LogP contribution in [0.5, 0.6) is 0 Å². The van der Waals surface area contributed by atoms with Crippen LogP contribution in [0.2, 0.25) is 0 Å². The topological polar surface area (TPSA) is 85.7 Å². The number of rotatable bonds is 4. The van der Waals surface area contributed by atoms with Gasteiger partial charge in [-0.3, -0.25) is 0 Å². The standard InChI is InChI=1S/C40H22F7N5/c1-4-20(17-48)33-31-14-21(24-9-23(19(2)3)10-26(11-24)39(42,43)44)5-7-29(31)35-37(33)51-36-30-8-6-22(15-32(30)34(50-18-49)38(36)52-35)25-12-27(40(45,46)47)16-28(41)13-25/h5-16H,2,4H2,1,3H3/b33-20-,50-34+. The first-order valence-electron chi connectivity index (χ1n) is 15.7. The number of halogens is 7. The molecule has 4 aromatic carbocycles. The summed E-state index contributed by atoms with van der Waals surface area (Å²) in [7, 11) is 0. The minimum absolute atomic E-state index is 0.0431. The highest BCUT2D eigenvalue weighted by molar-refractivity contribution is 6.24. The zero-order valence-corrected chi connectivity index (χ0v) is 27.2. The van der Waals surface area contributed by atoms with Gasteiger partial charge in [-0.25, -0.2) is 14.4 Å². The maximum Gasteiger partial charge on any atom is 0.416 e. The molecule has 0 N–H and O–H groups in total. The molecule has 0 amide bonds. The van der Waals surface area contributed by atoms with E-state index in [2.05, 4.69) is 17.6 Å². The van der Waals surface area contributed by atoms with Gasteiger partial charge in [-0.2, -0.15) is 41.9 Å². The number of nitriles is 2. The number of aromatic nitrogens is 2. The van der Waals surface area contributed by atoms with Crippen LogP contribution in [-0.4, -0.2) is 15.7 Å². The van der Waals surface area contributed by atoms with E-state index >= 15 is 0 Å². The van der Waals surface area contributed by atoms with Crippen LogP contribution in [0, 0.1) is 28.6 Å². The number of allylic oxidation sites excluding steroid dienone is 2. The number of aliphatic imine (C=N–C) groups is 1. The maximum absolute atomic E-state index is 14.3. The number of alkyl halides is 6. The van der Waals surface area contributed by atoms with Crippen LogP contribution in [-0.2, 0) is 12.4 Å². The largest absolute Gasteiger partial charge is 0.416 e. The molecule has 0 saturated carbocycles. The van der Waals surface area contributed by atoms with Crippen molar-refractivity contribution in [3.05, 3.63) is 130 Å². The Morgan fingerprint density at radius 3 is 1.83 bits per heavy atom. The SMILES string of the molecule is C=C(C)c1cc(-c2ccc3c(c2)/C(=C(/C#N)CC)c2nc4c(nc2-3)/C(=N/C#N)c2cc(-c3cc(F)cc(C(F)(F)F)c3)ccc2-4)cc(C(F)(F)F)c1. The van der Waals surface area contributed by atoms with E-state index in [-0.39, 0.29) is 28.1 Å². The molecule has 0 unspecified atom stereocenters. The van der Waals surface area contributed by atoms with Gasteiger partial charge in [-0.15, -0.1) is 0 Å². The second kappa shape index (κ2) is 12.1. The molecule has 2 aliphatic carbocycles. The van der Waals surface area contributed by atoms with Crippen LogP contribution in [0.4, 0.5) is 30.7 Å². The quantitative estimate of drug-likeness (QED) is 0.104. The van der Waals surface area contributed by atoms with Crippen LogP contribution < -0.4 is 0 Å². The lowest BCUT2D eigenvalue weighted by Gasteiger charge is -2.14. The third-order valence-corrected chi connectivity index (χ3v) is 9.03. The molecule has 0 bridgehead atoms. The van der Waals surface area contributed by atoms with E-state index in [9.17, 15) is 41.3 Å². The molecule has 52 heavy (non-hydrogen) atoms. The first-order chi connectivity index (χ1) is 24.6. The Morgan fingerprint density at radius 1 is 0.692 bits per heavy atom. The van der Waals surface area contributed by atoms with Crippen molar-refractivity contribution in [3.63, 3.8) is 0 Å². The number of hydrogen-bond acceptors (Lipinski definition) is 5. The number of hydrogen-bond donors (Lipinski definition) is 0. The van der Waals surface area contributed by atoms with E-state index in [1.165, 1.54) is 12.1 Å². The lowest BCUT2D eigenvalue weighted by molar-refractivity contribution is -0.138. The van der Waals surface area contributed by atoms with Gasteiger partial charge in [-0.05, 0) is 95.3 Å². The van der Waals surface area contributed by atoms with Crippen molar-refractivity contribution >= 4 is 16.9 Å². The van der Waals surface area contributed by atoms with Crippen molar-refractivity contribution in [2.75, 3.05) is 0 Å². The lowest BCUT2D eigenvalue weighted by Crippen LogP contribution is -2.06. The fraction of sp³-hybridized carbons (Fsp3) is 0.125. The van der Waals surface area contributed by atoms with Crippen molar-refractivity contribution in [2.24, 2.45) is 4.99 Å². The fourth-order valence-corrected chi connectivity index (χ4v) is 6.57.